The molecular formula is C25H32N4O2+2. The topological polar surface area (TPSA) is 55.2 Å². The van der Waals surface area contributed by atoms with Gasteiger partial charge in [0.15, 0.2) is 18.0 Å². The number of nitrogens with zero attached hydrogens (tertiary/aromatic N) is 2. The summed E-state index contributed by atoms with van der Waals surface area (Å²) in [5.74, 6) is 1.45. The first-order valence-corrected chi connectivity index (χ1v) is 11.6. The van der Waals surface area contributed by atoms with Gasteiger partial charge in [-0.05, 0) is 25.0 Å². The van der Waals surface area contributed by atoms with Crippen LogP contribution in [0.4, 0.5) is 0 Å². The van der Waals surface area contributed by atoms with Gasteiger partial charge in [0.2, 0.25) is 0 Å². The third-order valence-corrected chi connectivity index (χ3v) is 6.87. The number of piperidine rings is 1. The molecule has 2 aliphatic rings. The fourth-order valence-corrected chi connectivity index (χ4v) is 4.96. The largest absolute Gasteiger partial charge is 0.440 e. The SMILES string of the molecule is O=C(C[NH+]1CC[NH+](Cc2ccccc2)CC1)N1CCC(c2nc3ccccc3o2)CC1. The Morgan fingerprint density at radius 2 is 1.61 bits per heavy atom. The lowest BCUT2D eigenvalue weighted by Gasteiger charge is -2.33. The molecule has 1 aromatic heterocycles. The van der Waals surface area contributed by atoms with Crippen LogP contribution >= 0.6 is 0 Å². The van der Waals surface area contributed by atoms with Crippen molar-refractivity contribution in [2.45, 2.75) is 25.3 Å². The highest BCUT2D eigenvalue weighted by molar-refractivity contribution is 5.77. The second-order valence-corrected chi connectivity index (χ2v) is 9.01. The molecule has 0 radical (unpaired) electrons. The van der Waals surface area contributed by atoms with E-state index in [1.807, 2.05) is 24.3 Å². The third-order valence-electron chi connectivity index (χ3n) is 6.87. The molecule has 0 unspecified atom stereocenters. The summed E-state index contributed by atoms with van der Waals surface area (Å²) < 4.78 is 5.96. The Bertz CT molecular complexity index is 970. The molecule has 6 nitrogen and oxygen atoms in total. The molecule has 0 aliphatic carbocycles. The van der Waals surface area contributed by atoms with Crippen molar-refractivity contribution >= 4 is 17.0 Å². The van der Waals surface area contributed by atoms with E-state index in [9.17, 15) is 4.79 Å². The second kappa shape index (κ2) is 9.20. The van der Waals surface area contributed by atoms with Gasteiger partial charge in [-0.2, -0.15) is 0 Å². The molecular weight excluding hydrogens is 388 g/mol. The smallest absolute Gasteiger partial charge is 0.277 e. The van der Waals surface area contributed by atoms with Gasteiger partial charge in [-0.15, -0.1) is 0 Å². The van der Waals surface area contributed by atoms with E-state index >= 15 is 0 Å². The van der Waals surface area contributed by atoms with Crippen molar-refractivity contribution < 1.29 is 19.0 Å². The van der Waals surface area contributed by atoms with Crippen LogP contribution in [0.5, 0.6) is 0 Å². The van der Waals surface area contributed by atoms with E-state index in [2.05, 4.69) is 40.2 Å². The molecule has 2 aromatic carbocycles. The lowest BCUT2D eigenvalue weighted by atomic mass is 9.96. The second-order valence-electron chi connectivity index (χ2n) is 9.01. The predicted molar refractivity (Wildman–Crippen MR) is 119 cm³/mol. The van der Waals surface area contributed by atoms with Crippen molar-refractivity contribution in [3.05, 3.63) is 66.1 Å². The number of nitrogens with one attached hydrogen (secondary N) is 2. The van der Waals surface area contributed by atoms with Crippen molar-refractivity contribution in [3.8, 4) is 0 Å². The quantitative estimate of drug-likeness (QED) is 0.633. The predicted octanol–water partition coefficient (Wildman–Crippen LogP) is 0.517. The van der Waals surface area contributed by atoms with Crippen LogP contribution in [0.25, 0.3) is 11.1 Å². The maximum absolute atomic E-state index is 12.9. The number of likely N-dealkylation sites (tertiary alicyclic amines) is 1. The van der Waals surface area contributed by atoms with E-state index < -0.39 is 0 Å². The molecule has 2 aliphatic heterocycles. The van der Waals surface area contributed by atoms with Gasteiger partial charge in [-0.25, -0.2) is 4.98 Å². The van der Waals surface area contributed by atoms with Gasteiger partial charge in [0, 0.05) is 24.6 Å². The number of amides is 1. The molecule has 2 fully saturated rings. The summed E-state index contributed by atoms with van der Waals surface area (Å²) in [4.78, 5) is 22.7. The highest BCUT2D eigenvalue weighted by atomic mass is 16.3. The van der Waals surface area contributed by atoms with Gasteiger partial charge in [0.05, 0.1) is 0 Å². The molecule has 3 heterocycles. The standard InChI is InChI=1S/C25H30N4O2/c30-24(19-28-16-14-27(15-17-28)18-20-6-2-1-3-7-20)29-12-10-21(11-13-29)25-26-22-8-4-5-9-23(22)31-25/h1-9,21H,10-19H2/p+2. The number of hydrogen-bond donors (Lipinski definition) is 2. The first-order chi connectivity index (χ1) is 15.2. The number of para-hydroxylation sites is 2. The minimum Gasteiger partial charge on any atom is -0.440 e. The summed E-state index contributed by atoms with van der Waals surface area (Å²) in [7, 11) is 0. The number of carbonyl (C=O) groups excluding carboxylic acids is 1. The van der Waals surface area contributed by atoms with Crippen LogP contribution < -0.4 is 9.80 Å². The summed E-state index contributed by atoms with van der Waals surface area (Å²) in [5.41, 5.74) is 3.18. The zero-order chi connectivity index (χ0) is 21.0. The van der Waals surface area contributed by atoms with E-state index in [0.717, 1.165) is 75.6 Å². The lowest BCUT2D eigenvalue weighted by Crippen LogP contribution is -3.28. The van der Waals surface area contributed by atoms with Gasteiger partial charge < -0.3 is 19.1 Å². The lowest BCUT2D eigenvalue weighted by molar-refractivity contribution is -1.02. The summed E-state index contributed by atoms with van der Waals surface area (Å²) in [6.07, 6.45) is 1.87. The Morgan fingerprint density at radius 1 is 0.935 bits per heavy atom. The molecule has 2 N–H and O–H groups in total. The minimum atomic E-state index is 0.303. The molecule has 31 heavy (non-hydrogen) atoms. The van der Waals surface area contributed by atoms with E-state index in [4.69, 9.17) is 4.42 Å². The molecule has 1 amide bonds. The number of piperazine rings is 1. The molecule has 0 atom stereocenters. The Morgan fingerprint density at radius 3 is 2.35 bits per heavy atom. The Hall–Kier alpha value is -2.70. The fourth-order valence-electron chi connectivity index (χ4n) is 4.96. The highest BCUT2D eigenvalue weighted by Gasteiger charge is 2.30. The maximum Gasteiger partial charge on any atom is 0.277 e. The van der Waals surface area contributed by atoms with Crippen LogP contribution in [0.15, 0.2) is 59.0 Å². The van der Waals surface area contributed by atoms with Gasteiger partial charge in [-0.3, -0.25) is 4.79 Å². The summed E-state index contributed by atoms with van der Waals surface area (Å²) >= 11 is 0. The van der Waals surface area contributed by atoms with Gasteiger partial charge in [0.25, 0.3) is 5.91 Å². The number of hydrogen-bond acceptors (Lipinski definition) is 3. The van der Waals surface area contributed by atoms with Gasteiger partial charge in [0.1, 0.15) is 38.2 Å². The minimum absolute atomic E-state index is 0.303. The number of quaternary nitrogens is 2. The van der Waals surface area contributed by atoms with Crippen LogP contribution in [-0.4, -0.2) is 61.6 Å². The first-order valence-electron chi connectivity index (χ1n) is 11.6. The highest BCUT2D eigenvalue weighted by Crippen LogP contribution is 2.29. The normalized spacial score (nSPS) is 22.6. The summed E-state index contributed by atoms with van der Waals surface area (Å²) in [5, 5.41) is 0. The molecule has 0 saturated carbocycles. The van der Waals surface area contributed by atoms with Crippen molar-refractivity contribution in [2.75, 3.05) is 45.8 Å². The number of fused-ring (bicyclic) bond motifs is 1. The van der Waals surface area contributed by atoms with Crippen LogP contribution in [0.1, 0.15) is 30.2 Å². The monoisotopic (exact) mass is 420 g/mol. The number of aromatic nitrogens is 1. The third kappa shape index (κ3) is 4.81. The van der Waals surface area contributed by atoms with E-state index in [0.29, 0.717) is 18.4 Å². The number of carbonyl (C=O) groups is 1. The van der Waals surface area contributed by atoms with Crippen molar-refractivity contribution in [2.24, 2.45) is 0 Å². The molecule has 6 heteroatoms. The van der Waals surface area contributed by atoms with Crippen LogP contribution in [0.2, 0.25) is 0 Å². The first kappa shape index (κ1) is 20.2. The molecule has 0 bridgehead atoms. The van der Waals surface area contributed by atoms with Crippen LogP contribution in [-0.2, 0) is 11.3 Å². The zero-order valence-electron chi connectivity index (χ0n) is 18.1. The molecule has 0 spiro atoms. The summed E-state index contributed by atoms with van der Waals surface area (Å²) in [6.45, 7) is 7.76. The van der Waals surface area contributed by atoms with Crippen LogP contribution in [0, 0.1) is 0 Å². The Kier molecular flexibility index (Phi) is 6.00. The molecule has 5 rings (SSSR count). The molecule has 3 aromatic rings. The average Bonchev–Trinajstić information content (AvgIpc) is 3.25. The summed E-state index contributed by atoms with van der Waals surface area (Å²) in [6, 6.07) is 18.6. The van der Waals surface area contributed by atoms with Gasteiger partial charge in [-0.1, -0.05) is 42.5 Å². The fraction of sp³-hybridized carbons (Fsp3) is 0.440. The number of oxazole rings is 1. The number of benzene rings is 2. The van der Waals surface area contributed by atoms with E-state index in [1.165, 1.54) is 10.5 Å². The van der Waals surface area contributed by atoms with E-state index in [1.54, 1.807) is 4.90 Å². The van der Waals surface area contributed by atoms with Gasteiger partial charge >= 0.3 is 0 Å². The van der Waals surface area contributed by atoms with E-state index in [-0.39, 0.29) is 0 Å². The maximum atomic E-state index is 12.9. The van der Waals surface area contributed by atoms with Crippen LogP contribution in [0.3, 0.4) is 0 Å². The van der Waals surface area contributed by atoms with Crippen molar-refractivity contribution in [1.29, 1.82) is 0 Å². The van der Waals surface area contributed by atoms with Crippen molar-refractivity contribution in [1.82, 2.24) is 9.88 Å². The zero-order valence-corrected chi connectivity index (χ0v) is 18.1. The molecule has 2 saturated heterocycles. The Labute approximate surface area is 183 Å². The molecule has 162 valence electrons. The average molecular weight is 421 g/mol. The number of rotatable bonds is 5. The van der Waals surface area contributed by atoms with Crippen molar-refractivity contribution in [3.63, 3.8) is 0 Å². The Balaban J connectivity index is 1.07.